The Kier molecular flexibility index (Phi) is 4.71. The highest BCUT2D eigenvalue weighted by molar-refractivity contribution is 5.47. The second-order valence-corrected chi connectivity index (χ2v) is 3.77. The van der Waals surface area contributed by atoms with Crippen LogP contribution < -0.4 is 10.6 Å². The predicted octanol–water partition coefficient (Wildman–Crippen LogP) is 1.72. The summed E-state index contributed by atoms with van der Waals surface area (Å²) in [4.78, 5) is 6.75. The van der Waals surface area contributed by atoms with Crippen molar-refractivity contribution in [2.75, 3.05) is 24.3 Å². The van der Waals surface area contributed by atoms with Gasteiger partial charge >= 0.3 is 6.18 Å². The molecule has 0 fully saturated rings. The summed E-state index contributed by atoms with van der Waals surface area (Å²) in [5.41, 5.74) is 0. The van der Waals surface area contributed by atoms with E-state index in [4.69, 9.17) is 5.11 Å². The summed E-state index contributed by atoms with van der Waals surface area (Å²) in [6.07, 6.45) is -4.18. The third-order valence-electron chi connectivity index (χ3n) is 2.19. The molecule has 0 amide bonds. The maximum Gasteiger partial charge on any atom is 0.451 e. The first-order valence-corrected chi connectivity index (χ1v) is 5.38. The third kappa shape index (κ3) is 4.02. The van der Waals surface area contributed by atoms with E-state index in [9.17, 15) is 13.2 Å². The second-order valence-electron chi connectivity index (χ2n) is 3.77. The zero-order chi connectivity index (χ0) is 13.8. The molecule has 0 aliphatic heterocycles. The molecule has 102 valence electrons. The minimum absolute atomic E-state index is 0.0513. The van der Waals surface area contributed by atoms with Crippen LogP contribution in [0.25, 0.3) is 0 Å². The fourth-order valence-electron chi connectivity index (χ4n) is 1.29. The lowest BCUT2D eigenvalue weighted by atomic mass is 10.2. The average Bonchev–Trinajstić information content (AvgIpc) is 2.27. The van der Waals surface area contributed by atoms with Crippen molar-refractivity contribution in [3.63, 3.8) is 0 Å². The van der Waals surface area contributed by atoms with E-state index in [1.165, 1.54) is 13.1 Å². The van der Waals surface area contributed by atoms with Crippen molar-refractivity contribution in [3.05, 3.63) is 11.9 Å². The Balaban J connectivity index is 2.97. The lowest BCUT2D eigenvalue weighted by Gasteiger charge is -2.15. The zero-order valence-electron chi connectivity index (χ0n) is 10.0. The van der Waals surface area contributed by atoms with Crippen molar-refractivity contribution in [2.24, 2.45) is 0 Å². The first-order chi connectivity index (χ1) is 8.36. The molecule has 0 spiro atoms. The van der Waals surface area contributed by atoms with Gasteiger partial charge in [-0.05, 0) is 13.3 Å². The molecule has 1 rings (SSSR count). The van der Waals surface area contributed by atoms with Gasteiger partial charge in [-0.2, -0.15) is 13.2 Å². The Hall–Kier alpha value is -1.57. The van der Waals surface area contributed by atoms with Crippen LogP contribution in [-0.2, 0) is 6.18 Å². The van der Waals surface area contributed by atoms with E-state index < -0.39 is 12.0 Å². The SMILES string of the molecule is CNc1cc(NC(C)CCO)nc(C(F)(F)F)n1. The largest absolute Gasteiger partial charge is 0.451 e. The van der Waals surface area contributed by atoms with Crippen molar-refractivity contribution < 1.29 is 18.3 Å². The maximum absolute atomic E-state index is 12.5. The van der Waals surface area contributed by atoms with Crippen molar-refractivity contribution in [1.29, 1.82) is 0 Å². The van der Waals surface area contributed by atoms with E-state index in [2.05, 4.69) is 20.6 Å². The number of rotatable bonds is 5. The molecule has 18 heavy (non-hydrogen) atoms. The van der Waals surface area contributed by atoms with Gasteiger partial charge in [-0.1, -0.05) is 0 Å². The van der Waals surface area contributed by atoms with Crippen LogP contribution in [0.2, 0.25) is 0 Å². The molecule has 1 aromatic rings. The van der Waals surface area contributed by atoms with Crippen LogP contribution in [-0.4, -0.2) is 34.8 Å². The molecule has 0 radical (unpaired) electrons. The molecule has 0 aliphatic rings. The highest BCUT2D eigenvalue weighted by atomic mass is 19.4. The molecule has 3 N–H and O–H groups in total. The van der Waals surface area contributed by atoms with Gasteiger partial charge in [-0.15, -0.1) is 0 Å². The monoisotopic (exact) mass is 264 g/mol. The average molecular weight is 264 g/mol. The van der Waals surface area contributed by atoms with E-state index in [1.807, 2.05) is 0 Å². The number of nitrogens with zero attached hydrogens (tertiary/aromatic N) is 2. The highest BCUT2D eigenvalue weighted by Gasteiger charge is 2.35. The summed E-state index contributed by atoms with van der Waals surface area (Å²) in [5, 5.41) is 14.1. The van der Waals surface area contributed by atoms with Crippen LogP contribution in [0.1, 0.15) is 19.2 Å². The van der Waals surface area contributed by atoms with Gasteiger partial charge in [0.15, 0.2) is 0 Å². The molecule has 1 aromatic heterocycles. The highest BCUT2D eigenvalue weighted by Crippen LogP contribution is 2.28. The fraction of sp³-hybridized carbons (Fsp3) is 0.600. The van der Waals surface area contributed by atoms with Gasteiger partial charge in [0.1, 0.15) is 11.6 Å². The Labute approximate surface area is 102 Å². The molecule has 0 saturated carbocycles. The van der Waals surface area contributed by atoms with Crippen LogP contribution in [0.3, 0.4) is 0 Å². The lowest BCUT2D eigenvalue weighted by molar-refractivity contribution is -0.144. The first kappa shape index (κ1) is 14.5. The summed E-state index contributed by atoms with van der Waals surface area (Å²) in [6, 6.07) is 1.19. The van der Waals surface area contributed by atoms with E-state index in [0.29, 0.717) is 6.42 Å². The normalized spacial score (nSPS) is 13.2. The molecule has 1 heterocycles. The quantitative estimate of drug-likeness (QED) is 0.755. The van der Waals surface area contributed by atoms with E-state index in [1.54, 1.807) is 6.92 Å². The van der Waals surface area contributed by atoms with Gasteiger partial charge in [0.2, 0.25) is 5.82 Å². The summed E-state index contributed by atoms with van der Waals surface area (Å²) >= 11 is 0. The van der Waals surface area contributed by atoms with Crippen molar-refractivity contribution in [2.45, 2.75) is 25.6 Å². The molecule has 0 aromatic carbocycles. The lowest BCUT2D eigenvalue weighted by Crippen LogP contribution is -2.20. The van der Waals surface area contributed by atoms with Crippen LogP contribution in [0.5, 0.6) is 0 Å². The van der Waals surface area contributed by atoms with E-state index in [0.717, 1.165) is 0 Å². The van der Waals surface area contributed by atoms with Crippen molar-refractivity contribution in [1.82, 2.24) is 9.97 Å². The molecule has 0 bridgehead atoms. The molecule has 5 nitrogen and oxygen atoms in total. The standard InChI is InChI=1S/C10H15F3N4O/c1-6(3-4-18)15-8-5-7(14-2)16-9(17-8)10(11,12)13/h5-6,18H,3-4H2,1-2H3,(H2,14,15,16,17). The zero-order valence-corrected chi connectivity index (χ0v) is 10.0. The molecule has 0 aliphatic carbocycles. The first-order valence-electron chi connectivity index (χ1n) is 5.38. The molecule has 0 saturated heterocycles. The van der Waals surface area contributed by atoms with Gasteiger partial charge in [0, 0.05) is 25.8 Å². The minimum Gasteiger partial charge on any atom is -0.396 e. The van der Waals surface area contributed by atoms with Crippen LogP contribution >= 0.6 is 0 Å². The number of aliphatic hydroxyl groups is 1. The maximum atomic E-state index is 12.5. The molecule has 8 heteroatoms. The van der Waals surface area contributed by atoms with Crippen LogP contribution in [0.4, 0.5) is 24.8 Å². The number of nitrogens with one attached hydrogen (secondary N) is 2. The Morgan fingerprint density at radius 2 is 1.94 bits per heavy atom. The van der Waals surface area contributed by atoms with Crippen molar-refractivity contribution >= 4 is 11.6 Å². The van der Waals surface area contributed by atoms with Gasteiger partial charge < -0.3 is 15.7 Å². The minimum atomic E-state index is -4.59. The Morgan fingerprint density at radius 3 is 2.44 bits per heavy atom. The van der Waals surface area contributed by atoms with Crippen LogP contribution in [0, 0.1) is 0 Å². The summed E-state index contributed by atoms with van der Waals surface area (Å²) in [6.45, 7) is 1.69. The van der Waals surface area contributed by atoms with Gasteiger partial charge in [0.25, 0.3) is 0 Å². The van der Waals surface area contributed by atoms with E-state index in [-0.39, 0.29) is 24.3 Å². The van der Waals surface area contributed by atoms with Gasteiger partial charge in [-0.25, -0.2) is 9.97 Å². The number of anilines is 2. The number of aromatic nitrogens is 2. The fourth-order valence-corrected chi connectivity index (χ4v) is 1.29. The topological polar surface area (TPSA) is 70.1 Å². The number of hydrogen-bond donors (Lipinski definition) is 3. The Bertz CT molecular complexity index is 397. The van der Waals surface area contributed by atoms with E-state index >= 15 is 0 Å². The van der Waals surface area contributed by atoms with Crippen LogP contribution in [0.15, 0.2) is 6.07 Å². The predicted molar refractivity (Wildman–Crippen MR) is 61.4 cm³/mol. The smallest absolute Gasteiger partial charge is 0.396 e. The second kappa shape index (κ2) is 5.85. The number of alkyl halides is 3. The van der Waals surface area contributed by atoms with Gasteiger partial charge in [0.05, 0.1) is 0 Å². The van der Waals surface area contributed by atoms with Crippen molar-refractivity contribution in [3.8, 4) is 0 Å². The summed E-state index contributed by atoms with van der Waals surface area (Å²) < 4.78 is 37.6. The number of halogens is 3. The number of hydrogen-bond acceptors (Lipinski definition) is 5. The molecule has 1 unspecified atom stereocenters. The summed E-state index contributed by atoms with van der Waals surface area (Å²) in [5.74, 6) is -1.05. The number of aliphatic hydroxyl groups excluding tert-OH is 1. The molecular weight excluding hydrogens is 249 g/mol. The Morgan fingerprint density at radius 1 is 1.33 bits per heavy atom. The molecular formula is C10H15F3N4O. The molecule has 1 atom stereocenters. The van der Waals surface area contributed by atoms with Gasteiger partial charge in [-0.3, -0.25) is 0 Å². The third-order valence-corrected chi connectivity index (χ3v) is 2.19. The summed E-state index contributed by atoms with van der Waals surface area (Å²) in [7, 11) is 1.48.